The second-order valence-corrected chi connectivity index (χ2v) is 6.43. The number of amides is 1. The lowest BCUT2D eigenvalue weighted by Gasteiger charge is -2.22. The number of methoxy groups -OCH3 is 1. The van der Waals surface area contributed by atoms with E-state index in [1.807, 2.05) is 24.3 Å². The number of hydrogen-bond donors (Lipinski definition) is 1. The third kappa shape index (κ3) is 4.97. The average molecular weight is 365 g/mol. The summed E-state index contributed by atoms with van der Waals surface area (Å²) in [6.07, 6.45) is 5.30. The summed E-state index contributed by atoms with van der Waals surface area (Å²) in [5.74, 6) is -0.302. The van der Waals surface area contributed by atoms with Crippen LogP contribution < -0.4 is 10.1 Å². The minimum absolute atomic E-state index is 0.203. The van der Waals surface area contributed by atoms with Crippen molar-refractivity contribution in [3.8, 4) is 5.75 Å². The quantitative estimate of drug-likeness (QED) is 0.613. The first-order valence-corrected chi connectivity index (χ1v) is 9.02. The number of anilines is 1. The molecule has 1 amide bonds. The number of rotatable bonds is 6. The van der Waals surface area contributed by atoms with Gasteiger partial charge in [-0.1, -0.05) is 48.6 Å². The van der Waals surface area contributed by atoms with Gasteiger partial charge in [0, 0.05) is 17.3 Å². The number of carbonyl (C=O) groups excluding carboxylic acids is 2. The molecule has 1 N–H and O–H groups in total. The Hall–Kier alpha value is -3.08. The fraction of sp³-hybridized carbons (Fsp3) is 0.273. The second kappa shape index (κ2) is 9.03. The fourth-order valence-electron chi connectivity index (χ4n) is 3.03. The number of hydrogen-bond acceptors (Lipinski definition) is 4. The molecule has 5 heteroatoms. The van der Waals surface area contributed by atoms with Gasteiger partial charge in [0.1, 0.15) is 5.75 Å². The Kier molecular flexibility index (Phi) is 6.26. The van der Waals surface area contributed by atoms with Crippen molar-refractivity contribution in [3.05, 3.63) is 72.3 Å². The van der Waals surface area contributed by atoms with E-state index >= 15 is 0 Å². The molecule has 0 saturated heterocycles. The van der Waals surface area contributed by atoms with Crippen LogP contribution in [0.4, 0.5) is 5.69 Å². The van der Waals surface area contributed by atoms with Crippen molar-refractivity contribution in [2.24, 2.45) is 5.92 Å². The van der Waals surface area contributed by atoms with E-state index in [0.29, 0.717) is 23.4 Å². The van der Waals surface area contributed by atoms with Gasteiger partial charge in [-0.2, -0.15) is 0 Å². The molecule has 0 radical (unpaired) electrons. The molecule has 140 valence electrons. The number of ether oxygens (including phenoxy) is 2. The highest BCUT2D eigenvalue weighted by molar-refractivity contribution is 5.96. The zero-order chi connectivity index (χ0) is 19.1. The van der Waals surface area contributed by atoms with Gasteiger partial charge < -0.3 is 14.8 Å². The minimum atomic E-state index is -1.00. The molecule has 0 aromatic heterocycles. The molecule has 1 aliphatic rings. The molecule has 3 rings (SSSR count). The van der Waals surface area contributed by atoms with Gasteiger partial charge in [0.2, 0.25) is 6.10 Å². The van der Waals surface area contributed by atoms with Crippen LogP contribution in [-0.4, -0.2) is 19.0 Å². The molecule has 0 unspecified atom stereocenters. The number of carbonyl (C=O) groups is 2. The first-order chi connectivity index (χ1) is 13.2. The van der Waals surface area contributed by atoms with Gasteiger partial charge in [0.05, 0.1) is 13.0 Å². The molecule has 0 heterocycles. The van der Waals surface area contributed by atoms with Crippen molar-refractivity contribution in [1.29, 1.82) is 0 Å². The van der Waals surface area contributed by atoms with Crippen LogP contribution in [0.2, 0.25) is 0 Å². The highest BCUT2D eigenvalue weighted by Crippen LogP contribution is 2.26. The Morgan fingerprint density at radius 3 is 2.59 bits per heavy atom. The number of benzene rings is 2. The molecule has 0 spiro atoms. The van der Waals surface area contributed by atoms with E-state index in [2.05, 4.69) is 11.4 Å². The van der Waals surface area contributed by atoms with E-state index in [-0.39, 0.29) is 11.9 Å². The molecular formula is C22H23NO4. The van der Waals surface area contributed by atoms with Gasteiger partial charge in [-0.3, -0.25) is 9.59 Å². The maximum atomic E-state index is 12.9. The molecule has 27 heavy (non-hydrogen) atoms. The summed E-state index contributed by atoms with van der Waals surface area (Å²) in [5.41, 5.74) is 1.22. The van der Waals surface area contributed by atoms with E-state index in [0.717, 1.165) is 12.8 Å². The lowest BCUT2D eigenvalue weighted by molar-refractivity contribution is -0.159. The van der Waals surface area contributed by atoms with Crippen LogP contribution in [0.5, 0.6) is 5.75 Å². The Morgan fingerprint density at radius 1 is 1.07 bits per heavy atom. The first-order valence-electron chi connectivity index (χ1n) is 9.02. The van der Waals surface area contributed by atoms with Crippen LogP contribution in [0, 0.1) is 5.92 Å². The van der Waals surface area contributed by atoms with E-state index in [9.17, 15) is 9.59 Å². The first kappa shape index (κ1) is 18.7. The van der Waals surface area contributed by atoms with Crippen molar-refractivity contribution in [2.75, 3.05) is 12.4 Å². The van der Waals surface area contributed by atoms with Crippen molar-refractivity contribution in [1.82, 2.24) is 0 Å². The zero-order valence-electron chi connectivity index (χ0n) is 15.3. The summed E-state index contributed by atoms with van der Waals surface area (Å²) in [5, 5.41) is 2.81. The van der Waals surface area contributed by atoms with Gasteiger partial charge in [0.15, 0.2) is 0 Å². The standard InChI is InChI=1S/C22H23NO4/c1-26-19-14-8-13-18(15-19)23-21(24)20(16-9-4-2-5-10-16)27-22(25)17-11-6-3-7-12-17/h2-6,8-10,13-15,17,20H,7,11-12H2,1H3,(H,23,24)/t17-,20-/m1/s1. The smallest absolute Gasteiger partial charge is 0.310 e. The second-order valence-electron chi connectivity index (χ2n) is 6.43. The van der Waals surface area contributed by atoms with Crippen LogP contribution in [0.15, 0.2) is 66.7 Å². The maximum absolute atomic E-state index is 12.9. The van der Waals surface area contributed by atoms with E-state index in [1.54, 1.807) is 43.5 Å². The number of allylic oxidation sites excluding steroid dienone is 2. The van der Waals surface area contributed by atoms with Gasteiger partial charge in [-0.15, -0.1) is 0 Å². The molecule has 0 saturated carbocycles. The van der Waals surface area contributed by atoms with Crippen molar-refractivity contribution in [2.45, 2.75) is 25.4 Å². The van der Waals surface area contributed by atoms with E-state index < -0.39 is 12.0 Å². The Morgan fingerprint density at radius 2 is 1.89 bits per heavy atom. The zero-order valence-corrected chi connectivity index (χ0v) is 15.3. The Bertz CT molecular complexity index is 816. The van der Waals surface area contributed by atoms with Crippen LogP contribution in [0.1, 0.15) is 30.9 Å². The summed E-state index contributed by atoms with van der Waals surface area (Å²) in [7, 11) is 1.56. The monoisotopic (exact) mass is 365 g/mol. The predicted molar refractivity (Wildman–Crippen MR) is 103 cm³/mol. The Labute approximate surface area is 159 Å². The number of esters is 1. The Balaban J connectivity index is 1.77. The van der Waals surface area contributed by atoms with E-state index in [1.165, 1.54) is 0 Å². The summed E-state index contributed by atoms with van der Waals surface area (Å²) >= 11 is 0. The molecule has 2 atom stereocenters. The predicted octanol–water partition coefficient (Wildman–Crippen LogP) is 4.27. The van der Waals surface area contributed by atoms with Crippen LogP contribution in [-0.2, 0) is 14.3 Å². The van der Waals surface area contributed by atoms with Gasteiger partial charge in [-0.25, -0.2) is 0 Å². The number of nitrogens with one attached hydrogen (secondary N) is 1. The highest BCUT2D eigenvalue weighted by atomic mass is 16.5. The van der Waals surface area contributed by atoms with Gasteiger partial charge in [-0.05, 0) is 31.4 Å². The van der Waals surface area contributed by atoms with Crippen LogP contribution in [0.3, 0.4) is 0 Å². The van der Waals surface area contributed by atoms with Crippen molar-refractivity contribution >= 4 is 17.6 Å². The largest absolute Gasteiger partial charge is 0.497 e. The highest BCUT2D eigenvalue weighted by Gasteiger charge is 2.29. The molecular weight excluding hydrogens is 342 g/mol. The van der Waals surface area contributed by atoms with Crippen LogP contribution in [0.25, 0.3) is 0 Å². The summed E-state index contributed by atoms with van der Waals surface area (Å²) < 4.78 is 10.8. The summed E-state index contributed by atoms with van der Waals surface area (Å²) in [6, 6.07) is 16.1. The third-order valence-corrected chi connectivity index (χ3v) is 4.51. The molecule has 5 nitrogen and oxygen atoms in total. The van der Waals surface area contributed by atoms with Crippen molar-refractivity contribution < 1.29 is 19.1 Å². The molecule has 0 fully saturated rings. The van der Waals surface area contributed by atoms with Gasteiger partial charge in [0.25, 0.3) is 5.91 Å². The molecule has 2 aromatic carbocycles. The van der Waals surface area contributed by atoms with Crippen LogP contribution >= 0.6 is 0 Å². The average Bonchev–Trinajstić information content (AvgIpc) is 2.73. The van der Waals surface area contributed by atoms with E-state index in [4.69, 9.17) is 9.47 Å². The topological polar surface area (TPSA) is 64.6 Å². The maximum Gasteiger partial charge on any atom is 0.310 e. The summed E-state index contributed by atoms with van der Waals surface area (Å²) in [4.78, 5) is 25.5. The third-order valence-electron chi connectivity index (χ3n) is 4.51. The SMILES string of the molecule is COc1cccc(NC(=O)[C@H](OC(=O)[C@@H]2CC=CCC2)c2ccccc2)c1. The lowest BCUT2D eigenvalue weighted by Crippen LogP contribution is -2.29. The molecule has 1 aliphatic carbocycles. The minimum Gasteiger partial charge on any atom is -0.497 e. The molecule has 2 aromatic rings. The van der Waals surface area contributed by atoms with Gasteiger partial charge >= 0.3 is 5.97 Å². The fourth-order valence-corrected chi connectivity index (χ4v) is 3.03. The summed E-state index contributed by atoms with van der Waals surface area (Å²) in [6.45, 7) is 0. The molecule has 0 aliphatic heterocycles. The lowest BCUT2D eigenvalue weighted by atomic mass is 9.94. The van der Waals surface area contributed by atoms with Crippen molar-refractivity contribution in [3.63, 3.8) is 0 Å². The normalized spacial score (nSPS) is 17.0. The molecule has 0 bridgehead atoms.